The SMILES string of the molecule is CCCCCCCCCCCCCCCCCCCCC(=O)O[C@H](COC(=O)CCCCCCCCCCCCCCCCC)COP(=O)(O)OC[C@@H](O)COP(=O)(O)OC[C@@H](COC(=O)CCCCCCCCC)OC(=O)CCCCCCCCCCCCCCCC. The molecule has 0 bridgehead atoms. The molecule has 0 amide bonds. The highest BCUT2D eigenvalue weighted by Crippen LogP contribution is 2.45. The summed E-state index contributed by atoms with van der Waals surface area (Å²) < 4.78 is 68.4. The molecule has 94 heavy (non-hydrogen) atoms. The van der Waals surface area contributed by atoms with Gasteiger partial charge in [-0.25, -0.2) is 9.13 Å². The van der Waals surface area contributed by atoms with Crippen molar-refractivity contribution in [2.24, 2.45) is 0 Å². The maximum absolute atomic E-state index is 13.1. The van der Waals surface area contributed by atoms with Crippen LogP contribution in [0.5, 0.6) is 0 Å². The van der Waals surface area contributed by atoms with Crippen molar-refractivity contribution in [1.29, 1.82) is 0 Å². The van der Waals surface area contributed by atoms with Gasteiger partial charge in [0.05, 0.1) is 26.4 Å². The maximum atomic E-state index is 13.1. The van der Waals surface area contributed by atoms with Crippen molar-refractivity contribution >= 4 is 39.5 Å². The summed E-state index contributed by atoms with van der Waals surface area (Å²) in [4.78, 5) is 72.6. The van der Waals surface area contributed by atoms with Gasteiger partial charge in [-0.05, 0) is 25.7 Å². The van der Waals surface area contributed by atoms with Crippen molar-refractivity contribution in [3.63, 3.8) is 0 Å². The molecule has 0 heterocycles. The second-order valence-electron chi connectivity index (χ2n) is 27.0. The molecule has 0 aliphatic heterocycles. The number of carbonyl (C=O) groups excluding carboxylic acids is 4. The average Bonchev–Trinajstić information content (AvgIpc) is 2.24. The van der Waals surface area contributed by atoms with E-state index in [0.29, 0.717) is 25.7 Å². The molecule has 5 atom stereocenters. The first kappa shape index (κ1) is 92.1. The van der Waals surface area contributed by atoms with Crippen LogP contribution in [0, 0.1) is 0 Å². The first-order valence-corrected chi connectivity index (χ1v) is 42.3. The Morgan fingerprint density at radius 2 is 0.426 bits per heavy atom. The predicted molar refractivity (Wildman–Crippen MR) is 382 cm³/mol. The number of phosphoric ester groups is 2. The molecule has 0 spiro atoms. The summed E-state index contributed by atoms with van der Waals surface area (Å²) in [6, 6.07) is 0. The van der Waals surface area contributed by atoms with Gasteiger partial charge in [0, 0.05) is 25.7 Å². The predicted octanol–water partition coefficient (Wildman–Crippen LogP) is 22.2. The van der Waals surface area contributed by atoms with Gasteiger partial charge in [0.15, 0.2) is 12.2 Å². The van der Waals surface area contributed by atoms with Crippen LogP contribution in [-0.4, -0.2) is 96.7 Å². The largest absolute Gasteiger partial charge is 0.472 e. The van der Waals surface area contributed by atoms with E-state index in [4.69, 9.17) is 37.0 Å². The van der Waals surface area contributed by atoms with E-state index in [1.807, 2.05) is 0 Å². The Labute approximate surface area is 575 Å². The lowest BCUT2D eigenvalue weighted by Gasteiger charge is -2.21. The highest BCUT2D eigenvalue weighted by Gasteiger charge is 2.30. The Kier molecular flexibility index (Phi) is 68.1. The molecule has 0 fully saturated rings. The van der Waals surface area contributed by atoms with E-state index in [9.17, 15) is 43.2 Å². The van der Waals surface area contributed by atoms with Crippen molar-refractivity contribution in [2.75, 3.05) is 39.6 Å². The van der Waals surface area contributed by atoms with Crippen LogP contribution in [0.4, 0.5) is 0 Å². The molecule has 0 aliphatic rings. The zero-order valence-electron chi connectivity index (χ0n) is 60.9. The second kappa shape index (κ2) is 69.5. The number of aliphatic hydroxyl groups excluding tert-OH is 1. The first-order chi connectivity index (χ1) is 45.7. The Balaban J connectivity index is 5.19. The van der Waals surface area contributed by atoms with Gasteiger partial charge in [-0.2, -0.15) is 0 Å². The summed E-state index contributed by atoms with van der Waals surface area (Å²) in [6.07, 6.45) is 59.7. The molecule has 19 heteroatoms. The summed E-state index contributed by atoms with van der Waals surface area (Å²) in [7, 11) is -9.90. The van der Waals surface area contributed by atoms with Crippen molar-refractivity contribution in [2.45, 2.75) is 418 Å². The van der Waals surface area contributed by atoms with Crippen LogP contribution in [0.15, 0.2) is 0 Å². The van der Waals surface area contributed by atoms with Crippen LogP contribution in [0.3, 0.4) is 0 Å². The third kappa shape index (κ3) is 68.6. The molecule has 0 aromatic rings. The Bertz CT molecular complexity index is 1790. The van der Waals surface area contributed by atoms with Crippen molar-refractivity contribution in [3.8, 4) is 0 Å². The van der Waals surface area contributed by atoms with Crippen LogP contribution in [-0.2, 0) is 65.4 Å². The zero-order valence-corrected chi connectivity index (χ0v) is 62.7. The summed E-state index contributed by atoms with van der Waals surface area (Å²) in [6.45, 7) is 4.95. The van der Waals surface area contributed by atoms with E-state index in [1.54, 1.807) is 0 Å². The van der Waals surface area contributed by atoms with Crippen LogP contribution < -0.4 is 0 Å². The lowest BCUT2D eigenvalue weighted by molar-refractivity contribution is -0.161. The number of esters is 4. The van der Waals surface area contributed by atoms with E-state index in [0.717, 1.165) is 103 Å². The number of aliphatic hydroxyl groups is 1. The molecular weight excluding hydrogens is 1230 g/mol. The summed E-state index contributed by atoms with van der Waals surface area (Å²) >= 11 is 0. The minimum Gasteiger partial charge on any atom is -0.462 e. The molecule has 0 aromatic carbocycles. The number of ether oxygens (including phenoxy) is 4. The second-order valence-corrected chi connectivity index (χ2v) is 29.9. The fraction of sp³-hybridized carbons (Fsp3) is 0.947. The van der Waals surface area contributed by atoms with Gasteiger partial charge in [-0.1, -0.05) is 349 Å². The minimum absolute atomic E-state index is 0.108. The van der Waals surface area contributed by atoms with Crippen molar-refractivity contribution < 1.29 is 80.2 Å². The highest BCUT2D eigenvalue weighted by atomic mass is 31.2. The molecule has 558 valence electrons. The monoisotopic (exact) mass is 1380 g/mol. The van der Waals surface area contributed by atoms with E-state index in [1.165, 1.54) is 218 Å². The average molecular weight is 1380 g/mol. The van der Waals surface area contributed by atoms with Crippen molar-refractivity contribution in [3.05, 3.63) is 0 Å². The van der Waals surface area contributed by atoms with E-state index >= 15 is 0 Å². The molecular formula is C75H146O17P2. The van der Waals surface area contributed by atoms with E-state index < -0.39 is 97.5 Å². The molecule has 0 aromatic heterocycles. The zero-order chi connectivity index (χ0) is 69.0. The van der Waals surface area contributed by atoms with Gasteiger partial charge in [0.2, 0.25) is 0 Å². The van der Waals surface area contributed by atoms with Crippen molar-refractivity contribution in [1.82, 2.24) is 0 Å². The van der Waals surface area contributed by atoms with Gasteiger partial charge >= 0.3 is 39.5 Å². The Hall–Kier alpha value is -1.94. The Morgan fingerprint density at radius 1 is 0.255 bits per heavy atom. The number of hydrogen-bond donors (Lipinski definition) is 3. The maximum Gasteiger partial charge on any atom is 0.472 e. The minimum atomic E-state index is -4.95. The smallest absolute Gasteiger partial charge is 0.462 e. The fourth-order valence-corrected chi connectivity index (χ4v) is 13.2. The van der Waals surface area contributed by atoms with Gasteiger partial charge < -0.3 is 33.8 Å². The first-order valence-electron chi connectivity index (χ1n) is 39.3. The molecule has 0 aliphatic carbocycles. The normalized spacial score (nSPS) is 13.9. The topological polar surface area (TPSA) is 237 Å². The van der Waals surface area contributed by atoms with Crippen LogP contribution >= 0.6 is 15.6 Å². The third-order valence-corrected chi connectivity index (χ3v) is 19.5. The molecule has 2 unspecified atom stereocenters. The lowest BCUT2D eigenvalue weighted by Crippen LogP contribution is -2.30. The van der Waals surface area contributed by atoms with E-state index in [2.05, 4.69) is 27.7 Å². The fourth-order valence-electron chi connectivity index (χ4n) is 11.6. The Morgan fingerprint density at radius 3 is 0.628 bits per heavy atom. The molecule has 0 saturated heterocycles. The van der Waals surface area contributed by atoms with Crippen LogP contribution in [0.1, 0.15) is 400 Å². The number of hydrogen-bond acceptors (Lipinski definition) is 15. The number of carbonyl (C=O) groups is 4. The molecule has 0 rings (SSSR count). The van der Waals surface area contributed by atoms with Gasteiger partial charge in [0.25, 0.3) is 0 Å². The summed E-state index contributed by atoms with van der Waals surface area (Å²) in [5.74, 6) is -2.12. The quantitative estimate of drug-likeness (QED) is 0.0222. The molecule has 0 saturated carbocycles. The van der Waals surface area contributed by atoms with Gasteiger partial charge in [-0.3, -0.25) is 37.3 Å². The van der Waals surface area contributed by atoms with Gasteiger partial charge in [0.1, 0.15) is 19.3 Å². The standard InChI is InChI=1S/C75H146O17P2/c1-5-9-13-17-21-24-27-30-33-34-35-37-40-43-46-50-54-58-62-75(80)92-71(66-86-73(78)60-56-52-48-44-41-39-36-31-28-25-22-18-14-10-6-2)68-90-94(83,84)88-64-69(76)63-87-93(81,82)89-67-70(65-85-72(77)59-55-51-47-20-16-12-8-4)91-74(79)61-57-53-49-45-42-38-32-29-26-23-19-15-11-7-3/h69-71,76H,5-68H2,1-4H3,(H,81,82)(H,83,84)/t69-,70+,71+/m0/s1. The van der Waals surface area contributed by atoms with Crippen LogP contribution in [0.25, 0.3) is 0 Å². The number of phosphoric acid groups is 2. The molecule has 0 radical (unpaired) electrons. The van der Waals surface area contributed by atoms with Crippen LogP contribution in [0.2, 0.25) is 0 Å². The van der Waals surface area contributed by atoms with Gasteiger partial charge in [-0.15, -0.1) is 0 Å². The van der Waals surface area contributed by atoms with E-state index in [-0.39, 0.29) is 25.7 Å². The lowest BCUT2D eigenvalue weighted by atomic mass is 10.0. The number of unbranched alkanes of at least 4 members (excludes halogenated alkanes) is 50. The molecule has 3 N–H and O–H groups in total. The highest BCUT2D eigenvalue weighted by molar-refractivity contribution is 7.47. The summed E-state index contributed by atoms with van der Waals surface area (Å²) in [5.41, 5.74) is 0. The molecule has 17 nitrogen and oxygen atoms in total. The summed E-state index contributed by atoms with van der Waals surface area (Å²) in [5, 5.41) is 10.6. The third-order valence-electron chi connectivity index (χ3n) is 17.6. The number of rotatable bonds is 76.